The number of nitrogens with zero attached hydrogens (tertiary/aromatic N) is 6. The number of likely N-dealkylation sites (tertiary alicyclic amines) is 2. The standard InChI is InChI=1S/C17H27N3O5.C12H19N3O3.C10H18O5.C6H15N/c1-16(2,3)24-14(22)19-8-11(9-19)13-18-7-12(10-21)20(13)15(23)25-17(4,5)6;1-12(2,3)18-11(17)15-5-8(6-15)10-13-4-9(7-16)14-10;1-9(2,3)14-7(11)13-8(12)15-10(4,5)6;1-4-7(5-2)6-3/h7,11,21H,8-10H2,1-6H3;4,8,16H,5-7H2,1-3H3,(H,13,14);1-6H3;4-6H2,1-3H3. The minimum atomic E-state index is -1.06. The Kier molecular flexibility index (Phi) is 21.9. The molecule has 20 nitrogen and oxygen atoms in total. The SMILES string of the molecule is CC(C)(C)OC(=O)N1CC(c2ncc(CO)[nH]2)C1.CC(C)(C)OC(=O)N1CC(c2ncc(CO)n2C(=O)OC(C)(C)C)C1.CC(C)(C)OC(=O)OC(=O)OC(C)(C)C.CCN(CC)CC. The first-order valence-electron chi connectivity index (χ1n) is 22.0. The average Bonchev–Trinajstić information content (AvgIpc) is 3.72. The highest BCUT2D eigenvalue weighted by molar-refractivity contribution is 5.77. The fraction of sp³-hybridized carbons (Fsp3) is 0.756. The van der Waals surface area contributed by atoms with Gasteiger partial charge in [0.15, 0.2) is 0 Å². The van der Waals surface area contributed by atoms with Gasteiger partial charge in [-0.05, 0) is 123 Å². The van der Waals surface area contributed by atoms with Crippen molar-refractivity contribution < 1.29 is 62.6 Å². The van der Waals surface area contributed by atoms with Gasteiger partial charge in [-0.25, -0.2) is 38.5 Å². The Morgan fingerprint density at radius 1 is 0.585 bits per heavy atom. The number of nitrogens with one attached hydrogen (secondary N) is 1. The molecule has 4 rings (SSSR count). The maximum absolute atomic E-state index is 12.5. The number of aliphatic hydroxyl groups excluding tert-OH is 2. The molecule has 0 aromatic carbocycles. The predicted octanol–water partition coefficient (Wildman–Crippen LogP) is 7.95. The van der Waals surface area contributed by atoms with Crippen LogP contribution in [-0.2, 0) is 41.6 Å². The lowest BCUT2D eigenvalue weighted by Crippen LogP contribution is -2.51. The Balaban J connectivity index is 0.000000467. The summed E-state index contributed by atoms with van der Waals surface area (Å²) in [5.41, 5.74) is -2.01. The molecule has 2 aliphatic rings. The van der Waals surface area contributed by atoms with E-state index in [0.29, 0.717) is 43.4 Å². The summed E-state index contributed by atoms with van der Waals surface area (Å²) in [5, 5.41) is 18.4. The zero-order valence-corrected chi connectivity index (χ0v) is 42.2. The van der Waals surface area contributed by atoms with E-state index < -0.39 is 46.4 Å². The summed E-state index contributed by atoms with van der Waals surface area (Å²) >= 11 is 0. The Hall–Kier alpha value is -4.95. The van der Waals surface area contributed by atoms with Crippen LogP contribution < -0.4 is 0 Å². The second kappa shape index (κ2) is 24.5. The lowest BCUT2D eigenvalue weighted by atomic mass is 10.00. The Labute approximate surface area is 385 Å². The van der Waals surface area contributed by atoms with E-state index in [1.165, 1.54) is 30.4 Å². The number of ether oxygens (including phenoxy) is 6. The predicted molar refractivity (Wildman–Crippen MR) is 242 cm³/mol. The van der Waals surface area contributed by atoms with Gasteiger partial charge in [-0.15, -0.1) is 0 Å². The number of aromatic amines is 1. The highest BCUT2D eigenvalue weighted by atomic mass is 16.8. The van der Waals surface area contributed by atoms with Crippen molar-refractivity contribution in [3.05, 3.63) is 35.4 Å². The van der Waals surface area contributed by atoms with Crippen molar-refractivity contribution in [1.82, 2.24) is 34.2 Å². The summed E-state index contributed by atoms with van der Waals surface area (Å²) in [6, 6.07) is 0. The van der Waals surface area contributed by atoms with Crippen LogP contribution in [0.4, 0.5) is 24.0 Å². The normalized spacial score (nSPS) is 14.5. The zero-order valence-electron chi connectivity index (χ0n) is 42.2. The summed E-state index contributed by atoms with van der Waals surface area (Å²) in [5.74, 6) is 1.40. The molecule has 0 spiro atoms. The molecule has 2 aromatic rings. The number of aromatic nitrogens is 4. The molecule has 20 heteroatoms. The Morgan fingerprint density at radius 3 is 1.29 bits per heavy atom. The van der Waals surface area contributed by atoms with Gasteiger partial charge >= 0.3 is 30.6 Å². The molecule has 0 aliphatic carbocycles. The van der Waals surface area contributed by atoms with Crippen LogP contribution in [0.3, 0.4) is 0 Å². The molecule has 0 saturated carbocycles. The minimum absolute atomic E-state index is 0.0461. The highest BCUT2D eigenvalue weighted by Gasteiger charge is 2.39. The van der Waals surface area contributed by atoms with Gasteiger partial charge < -0.3 is 58.3 Å². The number of carbonyl (C=O) groups is 5. The van der Waals surface area contributed by atoms with E-state index in [1.54, 1.807) is 78.3 Å². The van der Waals surface area contributed by atoms with Gasteiger partial charge in [0, 0.05) is 26.2 Å². The van der Waals surface area contributed by atoms with E-state index in [2.05, 4.69) is 45.4 Å². The molecule has 2 aliphatic heterocycles. The average molecular weight is 926 g/mol. The summed E-state index contributed by atoms with van der Waals surface area (Å²) in [6.07, 6.45) is -0.302. The lowest BCUT2D eigenvalue weighted by molar-refractivity contribution is -0.0295. The topological polar surface area (TPSA) is 237 Å². The highest BCUT2D eigenvalue weighted by Crippen LogP contribution is 2.30. The molecule has 3 N–H and O–H groups in total. The van der Waals surface area contributed by atoms with E-state index in [9.17, 15) is 29.1 Å². The number of rotatable bonds is 7. The van der Waals surface area contributed by atoms with Crippen LogP contribution in [0.5, 0.6) is 0 Å². The molecule has 2 saturated heterocycles. The largest absolute Gasteiger partial charge is 0.519 e. The number of carbonyl (C=O) groups excluding carboxylic acids is 5. The fourth-order valence-corrected chi connectivity index (χ4v) is 5.51. The smallest absolute Gasteiger partial charge is 0.444 e. The zero-order chi connectivity index (χ0) is 50.3. The number of imidazole rings is 2. The van der Waals surface area contributed by atoms with E-state index in [-0.39, 0.29) is 37.2 Å². The lowest BCUT2D eigenvalue weighted by Gasteiger charge is -2.39. The van der Waals surface area contributed by atoms with E-state index in [4.69, 9.17) is 28.8 Å². The fourth-order valence-electron chi connectivity index (χ4n) is 5.51. The van der Waals surface area contributed by atoms with Crippen LogP contribution >= 0.6 is 0 Å². The van der Waals surface area contributed by atoms with Crippen molar-refractivity contribution in [3.63, 3.8) is 0 Å². The van der Waals surface area contributed by atoms with Crippen molar-refractivity contribution in [3.8, 4) is 0 Å². The van der Waals surface area contributed by atoms with Gasteiger partial charge in [0.1, 0.15) is 39.7 Å². The molecule has 372 valence electrons. The summed E-state index contributed by atoms with van der Waals surface area (Å²) in [4.78, 5) is 75.3. The Morgan fingerprint density at radius 2 is 0.969 bits per heavy atom. The third-order valence-electron chi connectivity index (χ3n) is 8.52. The third-order valence-corrected chi connectivity index (χ3v) is 8.52. The molecule has 0 bridgehead atoms. The molecule has 0 unspecified atom stereocenters. The molecule has 4 heterocycles. The van der Waals surface area contributed by atoms with E-state index in [1.807, 2.05) is 41.5 Å². The molecule has 65 heavy (non-hydrogen) atoms. The number of H-pyrrole nitrogens is 1. The molecular weight excluding hydrogens is 847 g/mol. The van der Waals surface area contributed by atoms with Crippen molar-refractivity contribution in [1.29, 1.82) is 0 Å². The van der Waals surface area contributed by atoms with Gasteiger partial charge in [-0.2, -0.15) is 0 Å². The van der Waals surface area contributed by atoms with Crippen LogP contribution in [0.15, 0.2) is 12.4 Å². The second-order valence-corrected chi connectivity index (χ2v) is 20.3. The Bertz CT molecular complexity index is 1780. The molecule has 2 amide bonds. The van der Waals surface area contributed by atoms with Crippen LogP contribution in [0.2, 0.25) is 0 Å². The summed E-state index contributed by atoms with van der Waals surface area (Å²) in [6.45, 7) is 38.1. The van der Waals surface area contributed by atoms with Gasteiger partial charge in [-0.3, -0.25) is 0 Å². The monoisotopic (exact) mass is 926 g/mol. The maximum atomic E-state index is 12.5. The second-order valence-electron chi connectivity index (χ2n) is 20.3. The first-order chi connectivity index (χ1) is 29.6. The van der Waals surface area contributed by atoms with Gasteiger partial charge in [0.2, 0.25) is 0 Å². The van der Waals surface area contributed by atoms with Crippen LogP contribution in [0.25, 0.3) is 0 Å². The van der Waals surface area contributed by atoms with Crippen molar-refractivity contribution in [2.24, 2.45) is 0 Å². The van der Waals surface area contributed by atoms with Crippen molar-refractivity contribution in [2.75, 3.05) is 45.8 Å². The first-order valence-corrected chi connectivity index (χ1v) is 22.0. The number of hydrogen-bond acceptors (Lipinski definition) is 16. The van der Waals surface area contributed by atoms with Gasteiger partial charge in [0.05, 0.1) is 48.8 Å². The molecule has 0 radical (unpaired) electrons. The van der Waals surface area contributed by atoms with Crippen LogP contribution in [-0.4, -0.2) is 149 Å². The van der Waals surface area contributed by atoms with E-state index >= 15 is 0 Å². The molecule has 0 atom stereocenters. The van der Waals surface area contributed by atoms with Crippen molar-refractivity contribution in [2.45, 2.75) is 178 Å². The molecular formula is C45H79N7O13. The van der Waals surface area contributed by atoms with E-state index in [0.717, 1.165) is 5.82 Å². The van der Waals surface area contributed by atoms with Gasteiger partial charge in [0.25, 0.3) is 0 Å². The molecule has 2 fully saturated rings. The van der Waals surface area contributed by atoms with Crippen molar-refractivity contribution >= 4 is 30.6 Å². The summed E-state index contributed by atoms with van der Waals surface area (Å²) < 4.78 is 31.1. The quantitative estimate of drug-likeness (QED) is 0.136. The minimum Gasteiger partial charge on any atom is -0.444 e. The number of aliphatic hydroxyl groups is 2. The number of hydrogen-bond donors (Lipinski definition) is 3. The van der Waals surface area contributed by atoms with Crippen LogP contribution in [0, 0.1) is 0 Å². The molecule has 2 aromatic heterocycles. The summed E-state index contributed by atoms with van der Waals surface area (Å²) in [7, 11) is 0. The first kappa shape index (κ1) is 58.1. The van der Waals surface area contributed by atoms with Crippen LogP contribution in [0.1, 0.15) is 159 Å². The maximum Gasteiger partial charge on any atom is 0.519 e. The van der Waals surface area contributed by atoms with Gasteiger partial charge in [-0.1, -0.05) is 20.8 Å². The number of amides is 2. The third kappa shape index (κ3) is 22.7.